The molecule has 0 spiro atoms. The van der Waals surface area contributed by atoms with Gasteiger partial charge in [-0.1, -0.05) is 19.8 Å². The smallest absolute Gasteiger partial charge is 0.264 e. The summed E-state index contributed by atoms with van der Waals surface area (Å²) in [6, 6.07) is 0. The molecule has 78 valence electrons. The lowest BCUT2D eigenvalue weighted by Gasteiger charge is -1.95. The molecule has 0 amide bonds. The molecule has 2 aromatic heterocycles. The van der Waals surface area contributed by atoms with E-state index in [1.54, 1.807) is 0 Å². The van der Waals surface area contributed by atoms with Crippen molar-refractivity contribution in [1.82, 2.24) is 40.6 Å². The molecule has 0 aliphatic heterocycles. The molecule has 2 rings (SSSR count). The zero-order chi connectivity index (χ0) is 10.7. The lowest BCUT2D eigenvalue weighted by molar-refractivity contribution is 0.615. The predicted octanol–water partition coefficient (Wildman–Crippen LogP) is -2.80. The molecule has 0 aliphatic carbocycles. The molecule has 13 nitrogen and oxygen atoms in total. The standard InChI is InChI=1S/C2H5N13/c3-1-5-7-10-14(1)12-9-13-15-2(4)6-8-11-15/h(H,12,13)(H2,3,5,10)(H2,4,6,11). The van der Waals surface area contributed by atoms with E-state index < -0.39 is 0 Å². The van der Waals surface area contributed by atoms with Crippen molar-refractivity contribution >= 4 is 11.9 Å². The lowest BCUT2D eigenvalue weighted by Crippen LogP contribution is -2.13. The van der Waals surface area contributed by atoms with E-state index in [9.17, 15) is 0 Å². The van der Waals surface area contributed by atoms with E-state index in [0.29, 0.717) is 0 Å². The summed E-state index contributed by atoms with van der Waals surface area (Å²) in [6.45, 7) is 0. The van der Waals surface area contributed by atoms with Crippen LogP contribution in [0.4, 0.5) is 11.9 Å². The van der Waals surface area contributed by atoms with Crippen molar-refractivity contribution in [1.29, 1.82) is 0 Å². The maximum Gasteiger partial charge on any atom is 0.264 e. The van der Waals surface area contributed by atoms with Crippen molar-refractivity contribution in [2.24, 2.45) is 10.4 Å². The first-order valence-corrected chi connectivity index (χ1v) is 3.52. The number of hydrogen-bond donors (Lipinski definition) is 3. The van der Waals surface area contributed by atoms with Crippen molar-refractivity contribution in [3.63, 3.8) is 0 Å². The van der Waals surface area contributed by atoms with Crippen LogP contribution in [0.25, 0.3) is 0 Å². The fourth-order valence-electron chi connectivity index (χ4n) is 0.623. The summed E-state index contributed by atoms with van der Waals surface area (Å²) >= 11 is 0. The molecule has 0 aliphatic rings. The first-order chi connectivity index (χ1) is 7.27. The number of nitrogens with two attached hydrogens (primary N) is 2. The Bertz CT molecular complexity index is 460. The van der Waals surface area contributed by atoms with Gasteiger partial charge in [-0.2, -0.15) is 5.53 Å². The Kier molecular flexibility index (Phi) is 2.02. The monoisotopic (exact) mass is 211 g/mol. The van der Waals surface area contributed by atoms with Gasteiger partial charge in [0.25, 0.3) is 11.9 Å². The molecule has 0 saturated heterocycles. The van der Waals surface area contributed by atoms with Crippen molar-refractivity contribution in [2.45, 2.75) is 0 Å². The molecule has 0 radical (unpaired) electrons. The summed E-state index contributed by atoms with van der Waals surface area (Å²) in [7, 11) is 0. The summed E-state index contributed by atoms with van der Waals surface area (Å²) in [5.41, 5.74) is 12.9. The molecule has 13 heteroatoms. The topological polar surface area (TPSA) is 176 Å². The molecular weight excluding hydrogens is 206 g/mol. The Labute approximate surface area is 81.0 Å². The van der Waals surface area contributed by atoms with Crippen molar-refractivity contribution in [3.05, 3.63) is 0 Å². The van der Waals surface area contributed by atoms with Crippen LogP contribution in [0.15, 0.2) is 10.4 Å². The summed E-state index contributed by atoms with van der Waals surface area (Å²) in [5, 5.41) is 27.0. The van der Waals surface area contributed by atoms with Crippen LogP contribution in [-0.4, -0.2) is 40.6 Å². The molecule has 0 bridgehead atoms. The van der Waals surface area contributed by atoms with Crippen molar-refractivity contribution in [3.8, 4) is 0 Å². The number of tetrazole rings is 2. The number of anilines is 2. The number of hydrogen-bond acceptors (Lipinski definition) is 10. The van der Waals surface area contributed by atoms with Gasteiger partial charge in [0.05, 0.1) is 0 Å². The highest BCUT2D eigenvalue weighted by atomic mass is 15.8. The second-order valence-corrected chi connectivity index (χ2v) is 2.16. The highest BCUT2D eigenvalue weighted by Crippen LogP contribution is 1.91. The van der Waals surface area contributed by atoms with Crippen LogP contribution in [0.3, 0.4) is 0 Å². The third kappa shape index (κ3) is 1.74. The van der Waals surface area contributed by atoms with E-state index in [1.165, 1.54) is 0 Å². The van der Waals surface area contributed by atoms with E-state index in [1.807, 2.05) is 0 Å². The Morgan fingerprint density at radius 2 is 1.80 bits per heavy atom. The molecule has 0 fully saturated rings. The quantitative estimate of drug-likeness (QED) is 0.357. The Hall–Kier alpha value is -2.86. The van der Waals surface area contributed by atoms with Crippen LogP contribution >= 0.6 is 0 Å². The first kappa shape index (κ1) is 8.73. The van der Waals surface area contributed by atoms with Crippen LogP contribution in [0.5, 0.6) is 0 Å². The van der Waals surface area contributed by atoms with Gasteiger partial charge in [0.15, 0.2) is 0 Å². The van der Waals surface area contributed by atoms with Gasteiger partial charge >= 0.3 is 0 Å². The number of nitrogens with zero attached hydrogens (tertiary/aromatic N) is 10. The van der Waals surface area contributed by atoms with E-state index in [2.05, 4.69) is 47.0 Å². The normalized spacial score (nSPS) is 10.9. The number of nitrogen functional groups attached to an aromatic ring is 2. The van der Waals surface area contributed by atoms with Gasteiger partial charge in [-0.05, 0) is 31.3 Å². The summed E-state index contributed by atoms with van der Waals surface area (Å²) in [4.78, 5) is 1.89. The number of rotatable bonds is 3. The van der Waals surface area contributed by atoms with E-state index >= 15 is 0 Å². The van der Waals surface area contributed by atoms with E-state index in [0.717, 1.165) is 9.58 Å². The number of nitrogens with one attached hydrogen (secondary N) is 1. The van der Waals surface area contributed by atoms with Gasteiger partial charge in [0.1, 0.15) is 0 Å². The molecule has 15 heavy (non-hydrogen) atoms. The average Bonchev–Trinajstić information content (AvgIpc) is 2.78. The molecule has 0 aromatic carbocycles. The minimum atomic E-state index is -0.00904. The molecule has 2 heterocycles. The predicted molar refractivity (Wildman–Crippen MR) is 44.1 cm³/mol. The Balaban J connectivity index is 2.02. The third-order valence-electron chi connectivity index (χ3n) is 1.24. The van der Waals surface area contributed by atoms with Gasteiger partial charge in [-0.25, -0.2) is 0 Å². The van der Waals surface area contributed by atoms with Gasteiger partial charge in [0.2, 0.25) is 0 Å². The van der Waals surface area contributed by atoms with Gasteiger partial charge in [-0.3, -0.25) is 0 Å². The van der Waals surface area contributed by atoms with Crippen LogP contribution in [0, 0.1) is 0 Å². The maximum atomic E-state index is 5.32. The fourth-order valence-corrected chi connectivity index (χ4v) is 0.623. The molecular formula is C2H5N13. The van der Waals surface area contributed by atoms with Crippen LogP contribution in [0.2, 0.25) is 0 Å². The Morgan fingerprint density at radius 1 is 1.07 bits per heavy atom. The van der Waals surface area contributed by atoms with Crippen LogP contribution in [-0.2, 0) is 0 Å². The summed E-state index contributed by atoms with van der Waals surface area (Å²) in [6.07, 6.45) is 0. The fraction of sp³-hybridized carbons (Fsp3) is 0. The van der Waals surface area contributed by atoms with Gasteiger partial charge in [0, 0.05) is 0 Å². The zero-order valence-electron chi connectivity index (χ0n) is 7.13. The van der Waals surface area contributed by atoms with E-state index in [-0.39, 0.29) is 11.9 Å². The SMILES string of the molecule is Nc1nnnn1/N=N/Nn1nnnc1N. The van der Waals surface area contributed by atoms with Crippen LogP contribution in [0.1, 0.15) is 0 Å². The van der Waals surface area contributed by atoms with Crippen molar-refractivity contribution < 1.29 is 0 Å². The van der Waals surface area contributed by atoms with Crippen LogP contribution < -0.4 is 17.0 Å². The third-order valence-corrected chi connectivity index (χ3v) is 1.24. The minimum Gasteiger partial charge on any atom is -0.365 e. The Morgan fingerprint density at radius 3 is 2.40 bits per heavy atom. The molecule has 0 atom stereocenters. The van der Waals surface area contributed by atoms with Crippen molar-refractivity contribution in [2.75, 3.05) is 17.0 Å². The minimum absolute atomic E-state index is 0.00904. The maximum absolute atomic E-state index is 5.32. The second kappa shape index (κ2) is 3.48. The first-order valence-electron chi connectivity index (χ1n) is 3.52. The lowest BCUT2D eigenvalue weighted by atomic mass is 11.1. The molecule has 0 unspecified atom stereocenters. The molecule has 5 N–H and O–H groups in total. The largest absolute Gasteiger partial charge is 0.365 e. The van der Waals surface area contributed by atoms with Gasteiger partial charge in [-0.15, -0.1) is 0 Å². The number of aromatic nitrogens is 8. The van der Waals surface area contributed by atoms with Gasteiger partial charge < -0.3 is 11.5 Å². The van der Waals surface area contributed by atoms with E-state index in [4.69, 9.17) is 11.5 Å². The molecule has 0 saturated carbocycles. The highest BCUT2D eigenvalue weighted by molar-refractivity contribution is 5.11. The average molecular weight is 211 g/mol. The summed E-state index contributed by atoms with van der Waals surface area (Å²) < 4.78 is 0. The second-order valence-electron chi connectivity index (χ2n) is 2.16. The summed E-state index contributed by atoms with van der Waals surface area (Å²) in [5.74, 6) is 0.0175. The highest BCUT2D eigenvalue weighted by Gasteiger charge is 1.99. The molecule has 2 aromatic rings. The zero-order valence-corrected chi connectivity index (χ0v) is 7.13.